The molecular weight excluding hydrogens is 296 g/mol. The molecule has 0 aromatic heterocycles. The Morgan fingerprint density at radius 3 is 3.00 bits per heavy atom. The van der Waals surface area contributed by atoms with Crippen molar-refractivity contribution < 1.29 is 14.3 Å². The second-order valence-electron chi connectivity index (χ2n) is 4.69. The van der Waals surface area contributed by atoms with Crippen LogP contribution in [0.1, 0.15) is 24.5 Å². The molecule has 18 heavy (non-hydrogen) atoms. The molecule has 0 N–H and O–H groups in total. The molecule has 1 aromatic rings. The van der Waals surface area contributed by atoms with Gasteiger partial charge in [0.1, 0.15) is 6.61 Å². The second-order valence-corrected chi connectivity index (χ2v) is 5.54. The van der Waals surface area contributed by atoms with Crippen molar-refractivity contribution in [2.75, 3.05) is 6.61 Å². The van der Waals surface area contributed by atoms with Gasteiger partial charge in [0, 0.05) is 11.1 Å². The Bertz CT molecular complexity index is 445. The highest BCUT2D eigenvalue weighted by Gasteiger charge is 2.32. The minimum atomic E-state index is -0.391. The Morgan fingerprint density at radius 1 is 1.56 bits per heavy atom. The fourth-order valence-electron chi connectivity index (χ4n) is 2.04. The van der Waals surface area contributed by atoms with Gasteiger partial charge in [-0.05, 0) is 36.5 Å². The van der Waals surface area contributed by atoms with Crippen LogP contribution in [0.5, 0.6) is 0 Å². The van der Waals surface area contributed by atoms with Crippen LogP contribution in [0.3, 0.4) is 0 Å². The SMILES string of the molecule is Cc1c(Br)cccc1COC(=O)[C@@H]1OCC[C@H]1C. The summed E-state index contributed by atoms with van der Waals surface area (Å²) in [5.74, 6) is 0.000446. The van der Waals surface area contributed by atoms with Crippen LogP contribution in [0.2, 0.25) is 0 Å². The van der Waals surface area contributed by atoms with Crippen LogP contribution < -0.4 is 0 Å². The van der Waals surface area contributed by atoms with Crippen LogP contribution in [0, 0.1) is 12.8 Å². The van der Waals surface area contributed by atoms with Crippen molar-refractivity contribution in [1.82, 2.24) is 0 Å². The van der Waals surface area contributed by atoms with E-state index in [0.717, 1.165) is 22.0 Å². The van der Waals surface area contributed by atoms with Crippen molar-refractivity contribution in [3.05, 3.63) is 33.8 Å². The van der Waals surface area contributed by atoms with Gasteiger partial charge in [0.05, 0.1) is 0 Å². The Morgan fingerprint density at radius 2 is 2.33 bits per heavy atom. The van der Waals surface area contributed by atoms with Crippen LogP contribution in [0.4, 0.5) is 0 Å². The molecular formula is C14H17BrO3. The van der Waals surface area contributed by atoms with Crippen LogP contribution in [-0.2, 0) is 20.9 Å². The first kappa shape index (κ1) is 13.6. The normalized spacial score (nSPS) is 23.1. The number of rotatable bonds is 3. The zero-order valence-electron chi connectivity index (χ0n) is 10.6. The lowest BCUT2D eigenvalue weighted by molar-refractivity contribution is -0.157. The second kappa shape index (κ2) is 5.85. The molecule has 2 atom stereocenters. The zero-order valence-corrected chi connectivity index (χ0v) is 12.2. The third-order valence-electron chi connectivity index (χ3n) is 3.37. The lowest BCUT2D eigenvalue weighted by Gasteiger charge is -2.14. The molecule has 0 spiro atoms. The van der Waals surface area contributed by atoms with Gasteiger partial charge < -0.3 is 9.47 Å². The predicted molar refractivity (Wildman–Crippen MR) is 72.2 cm³/mol. The van der Waals surface area contributed by atoms with Crippen molar-refractivity contribution in [2.24, 2.45) is 5.92 Å². The fourth-order valence-corrected chi connectivity index (χ4v) is 2.44. The van der Waals surface area contributed by atoms with E-state index in [1.807, 2.05) is 32.0 Å². The van der Waals surface area contributed by atoms with Gasteiger partial charge in [-0.25, -0.2) is 4.79 Å². The van der Waals surface area contributed by atoms with Crippen molar-refractivity contribution in [1.29, 1.82) is 0 Å². The van der Waals surface area contributed by atoms with Crippen LogP contribution in [0.25, 0.3) is 0 Å². The molecule has 3 nitrogen and oxygen atoms in total. The first-order valence-electron chi connectivity index (χ1n) is 6.12. The molecule has 0 unspecified atom stereocenters. The largest absolute Gasteiger partial charge is 0.459 e. The monoisotopic (exact) mass is 312 g/mol. The lowest BCUT2D eigenvalue weighted by Crippen LogP contribution is -2.27. The summed E-state index contributed by atoms with van der Waals surface area (Å²) < 4.78 is 11.7. The molecule has 1 aromatic carbocycles. The first-order chi connectivity index (χ1) is 8.59. The Labute approximate surface area is 116 Å². The van der Waals surface area contributed by atoms with Crippen LogP contribution in [0.15, 0.2) is 22.7 Å². The summed E-state index contributed by atoms with van der Waals surface area (Å²) in [6.45, 7) is 4.97. The standard InChI is InChI=1S/C14H17BrO3/c1-9-6-7-17-13(9)14(16)18-8-11-4-3-5-12(15)10(11)2/h3-5,9,13H,6-8H2,1-2H3/t9-,13-/m1/s1. The third kappa shape index (κ3) is 2.93. The van der Waals surface area contributed by atoms with E-state index in [2.05, 4.69) is 15.9 Å². The minimum absolute atomic E-state index is 0.251. The van der Waals surface area contributed by atoms with Gasteiger partial charge in [0.15, 0.2) is 6.10 Å². The van der Waals surface area contributed by atoms with Crippen molar-refractivity contribution >= 4 is 21.9 Å². The lowest BCUT2D eigenvalue weighted by atomic mass is 10.0. The van der Waals surface area contributed by atoms with Crippen molar-refractivity contribution in [3.63, 3.8) is 0 Å². The minimum Gasteiger partial charge on any atom is -0.459 e. The molecule has 1 saturated heterocycles. The molecule has 1 heterocycles. The number of ether oxygens (including phenoxy) is 2. The van der Waals surface area contributed by atoms with E-state index in [0.29, 0.717) is 13.2 Å². The quantitative estimate of drug-likeness (QED) is 0.804. The zero-order chi connectivity index (χ0) is 13.1. The van der Waals surface area contributed by atoms with E-state index in [1.165, 1.54) is 0 Å². The van der Waals surface area contributed by atoms with Crippen molar-refractivity contribution in [2.45, 2.75) is 33.0 Å². The number of carbonyl (C=O) groups excluding carboxylic acids is 1. The van der Waals surface area contributed by atoms with Crippen molar-refractivity contribution in [3.8, 4) is 0 Å². The van der Waals surface area contributed by atoms with Gasteiger partial charge in [0.2, 0.25) is 0 Å². The van der Waals surface area contributed by atoms with Gasteiger partial charge in [-0.3, -0.25) is 0 Å². The molecule has 1 aliphatic heterocycles. The summed E-state index contributed by atoms with van der Waals surface area (Å²) in [6, 6.07) is 5.88. The number of esters is 1. The summed E-state index contributed by atoms with van der Waals surface area (Å²) in [6.07, 6.45) is 0.535. The van der Waals surface area contributed by atoms with Crippen LogP contribution in [-0.4, -0.2) is 18.7 Å². The van der Waals surface area contributed by atoms with E-state index < -0.39 is 6.10 Å². The Hall–Kier alpha value is -0.870. The maximum atomic E-state index is 11.9. The summed E-state index contributed by atoms with van der Waals surface area (Å²) in [7, 11) is 0. The molecule has 98 valence electrons. The van der Waals surface area contributed by atoms with E-state index >= 15 is 0 Å². The number of hydrogen-bond acceptors (Lipinski definition) is 3. The molecule has 4 heteroatoms. The first-order valence-corrected chi connectivity index (χ1v) is 6.91. The van der Waals surface area contributed by atoms with Gasteiger partial charge in [-0.1, -0.05) is 35.0 Å². The fraction of sp³-hybridized carbons (Fsp3) is 0.500. The smallest absolute Gasteiger partial charge is 0.335 e. The molecule has 2 rings (SSSR count). The molecule has 0 amide bonds. The maximum absolute atomic E-state index is 11.9. The van der Waals surface area contributed by atoms with Gasteiger partial charge in [-0.15, -0.1) is 0 Å². The van der Waals surface area contributed by atoms with Gasteiger partial charge >= 0.3 is 5.97 Å². The average Bonchev–Trinajstić information content (AvgIpc) is 2.77. The molecule has 0 bridgehead atoms. The number of halogens is 1. The van der Waals surface area contributed by atoms with E-state index in [9.17, 15) is 4.79 Å². The highest BCUT2D eigenvalue weighted by molar-refractivity contribution is 9.10. The van der Waals surface area contributed by atoms with E-state index in [1.54, 1.807) is 0 Å². The Kier molecular flexibility index (Phi) is 4.40. The highest BCUT2D eigenvalue weighted by Crippen LogP contribution is 2.23. The summed E-state index contributed by atoms with van der Waals surface area (Å²) >= 11 is 3.46. The summed E-state index contributed by atoms with van der Waals surface area (Å²) in [5.41, 5.74) is 2.12. The number of hydrogen-bond donors (Lipinski definition) is 0. The van der Waals surface area contributed by atoms with E-state index in [-0.39, 0.29) is 11.9 Å². The molecule has 1 aliphatic rings. The summed E-state index contributed by atoms with van der Waals surface area (Å²) in [5, 5.41) is 0. The van der Waals surface area contributed by atoms with E-state index in [4.69, 9.17) is 9.47 Å². The molecule has 0 radical (unpaired) electrons. The predicted octanol–water partition coefficient (Wildman–Crippen LogP) is 3.23. The average molecular weight is 313 g/mol. The third-order valence-corrected chi connectivity index (χ3v) is 4.23. The molecule has 0 saturated carbocycles. The summed E-state index contributed by atoms with van der Waals surface area (Å²) in [4.78, 5) is 11.9. The topological polar surface area (TPSA) is 35.5 Å². The number of benzene rings is 1. The van der Waals surface area contributed by atoms with Gasteiger partial charge in [-0.2, -0.15) is 0 Å². The maximum Gasteiger partial charge on any atom is 0.335 e. The highest BCUT2D eigenvalue weighted by atomic mass is 79.9. The number of carbonyl (C=O) groups is 1. The molecule has 1 fully saturated rings. The molecule has 0 aliphatic carbocycles. The van der Waals surface area contributed by atoms with Crippen LogP contribution >= 0.6 is 15.9 Å². The van der Waals surface area contributed by atoms with Gasteiger partial charge in [0.25, 0.3) is 0 Å². The Balaban J connectivity index is 1.95.